The maximum Gasteiger partial charge on any atom is 0.311 e. The fourth-order valence-corrected chi connectivity index (χ4v) is 4.69. The predicted molar refractivity (Wildman–Crippen MR) is 132 cm³/mol. The molecular weight excluding hydrogens is 453 g/mol. The van der Waals surface area contributed by atoms with Crippen molar-refractivity contribution in [3.8, 4) is 11.5 Å². The summed E-state index contributed by atoms with van der Waals surface area (Å²) in [6, 6.07) is 20.3. The van der Waals surface area contributed by atoms with Gasteiger partial charge in [0.15, 0.2) is 5.84 Å². The lowest BCUT2D eigenvalue weighted by molar-refractivity contribution is 0.267. The molecular formula is C26H20FN3O3S. The Morgan fingerprint density at radius 1 is 1.09 bits per heavy atom. The lowest BCUT2D eigenvalue weighted by atomic mass is 9.97. The number of carbonyl (C=O) groups is 1. The molecule has 170 valence electrons. The van der Waals surface area contributed by atoms with Gasteiger partial charge >= 0.3 is 5.24 Å². The van der Waals surface area contributed by atoms with Crippen molar-refractivity contribution in [2.45, 2.75) is 12.5 Å². The maximum atomic E-state index is 13.4. The Bertz CT molecular complexity index is 1330. The minimum Gasteiger partial charge on any atom is -0.508 e. The second kappa shape index (κ2) is 9.15. The highest BCUT2D eigenvalue weighted by Crippen LogP contribution is 2.41. The molecule has 2 heterocycles. The van der Waals surface area contributed by atoms with E-state index in [9.17, 15) is 14.3 Å². The van der Waals surface area contributed by atoms with Gasteiger partial charge in [-0.05, 0) is 71.4 Å². The molecule has 1 atom stereocenters. The topological polar surface area (TPSA) is 74.5 Å². The van der Waals surface area contributed by atoms with E-state index in [2.05, 4.69) is 4.99 Å². The number of hydrazone groups is 1. The number of phenolic OH excluding ortho intramolecular Hbond substituents is 1. The number of halogens is 1. The van der Waals surface area contributed by atoms with Gasteiger partial charge in [0.1, 0.15) is 17.3 Å². The van der Waals surface area contributed by atoms with Gasteiger partial charge in [0.05, 0.1) is 23.8 Å². The summed E-state index contributed by atoms with van der Waals surface area (Å²) in [6.07, 6.45) is 2.29. The highest BCUT2D eigenvalue weighted by Gasteiger charge is 2.37. The average molecular weight is 474 g/mol. The van der Waals surface area contributed by atoms with Crippen molar-refractivity contribution in [1.82, 2.24) is 5.01 Å². The number of aromatic hydroxyl groups is 1. The number of benzene rings is 3. The van der Waals surface area contributed by atoms with Crippen LogP contribution in [0.3, 0.4) is 0 Å². The highest BCUT2D eigenvalue weighted by molar-refractivity contribution is 8.18. The number of nitrogens with zero attached hydrogens (tertiary/aromatic N) is 3. The molecule has 0 aromatic heterocycles. The van der Waals surface area contributed by atoms with E-state index >= 15 is 0 Å². The number of carbonyl (C=O) groups excluding carboxylic acids is 1. The Balaban J connectivity index is 1.57. The van der Waals surface area contributed by atoms with E-state index in [0.29, 0.717) is 22.7 Å². The Morgan fingerprint density at radius 3 is 2.53 bits per heavy atom. The number of phenols is 1. The number of methoxy groups -OCH3 is 1. The van der Waals surface area contributed by atoms with Crippen LogP contribution in [-0.2, 0) is 0 Å². The number of ether oxygens (including phenoxy) is 1. The Morgan fingerprint density at radius 2 is 1.82 bits per heavy atom. The number of thioether (sulfide) groups is 1. The summed E-state index contributed by atoms with van der Waals surface area (Å²) in [5.41, 5.74) is 3.13. The molecule has 1 amide bonds. The van der Waals surface area contributed by atoms with Gasteiger partial charge in [-0.25, -0.2) is 9.40 Å². The summed E-state index contributed by atoms with van der Waals surface area (Å²) in [4.78, 5) is 17.2. The van der Waals surface area contributed by atoms with E-state index in [1.54, 1.807) is 42.5 Å². The molecule has 0 saturated carbocycles. The summed E-state index contributed by atoms with van der Waals surface area (Å²) < 4.78 is 18.6. The van der Waals surface area contributed by atoms with Crippen LogP contribution in [-0.4, -0.2) is 34.0 Å². The molecule has 0 fully saturated rings. The zero-order valence-electron chi connectivity index (χ0n) is 18.2. The van der Waals surface area contributed by atoms with Crippen LogP contribution in [0.2, 0.25) is 0 Å². The minimum atomic E-state index is -0.361. The first-order valence-electron chi connectivity index (χ1n) is 10.6. The zero-order valence-corrected chi connectivity index (χ0v) is 19.0. The largest absolute Gasteiger partial charge is 0.508 e. The number of rotatable bonds is 4. The van der Waals surface area contributed by atoms with Crippen LogP contribution in [0.4, 0.5) is 9.18 Å². The first-order chi connectivity index (χ1) is 16.5. The summed E-state index contributed by atoms with van der Waals surface area (Å²) in [5.74, 6) is 0.948. The van der Waals surface area contributed by atoms with Gasteiger partial charge in [-0.3, -0.25) is 4.79 Å². The van der Waals surface area contributed by atoms with Crippen molar-refractivity contribution < 1.29 is 19.0 Å². The van der Waals surface area contributed by atoms with Crippen molar-refractivity contribution >= 4 is 34.6 Å². The number of aliphatic imine (C=N–C) groups is 1. The lowest BCUT2D eigenvalue weighted by Crippen LogP contribution is -2.26. The number of hydrogen-bond donors (Lipinski definition) is 1. The fraction of sp³-hybridized carbons (Fsp3) is 0.115. The van der Waals surface area contributed by atoms with E-state index < -0.39 is 0 Å². The first-order valence-corrected chi connectivity index (χ1v) is 11.4. The van der Waals surface area contributed by atoms with E-state index in [0.717, 1.165) is 34.3 Å². The molecule has 1 unspecified atom stereocenters. The minimum absolute atomic E-state index is 0.144. The number of para-hydroxylation sites is 1. The second-order valence-electron chi connectivity index (χ2n) is 7.76. The van der Waals surface area contributed by atoms with Gasteiger partial charge < -0.3 is 9.84 Å². The number of amides is 1. The number of hydrogen-bond acceptors (Lipinski definition) is 6. The van der Waals surface area contributed by atoms with E-state index in [-0.39, 0.29) is 22.8 Å². The van der Waals surface area contributed by atoms with Crippen LogP contribution in [0.25, 0.3) is 6.08 Å². The summed E-state index contributed by atoms with van der Waals surface area (Å²) in [6.45, 7) is 0. The van der Waals surface area contributed by atoms with Crippen molar-refractivity contribution in [2.75, 3.05) is 7.11 Å². The van der Waals surface area contributed by atoms with E-state index in [1.165, 1.54) is 12.1 Å². The Kier molecular flexibility index (Phi) is 5.90. The van der Waals surface area contributed by atoms with Crippen molar-refractivity contribution in [2.24, 2.45) is 10.1 Å². The van der Waals surface area contributed by atoms with Crippen LogP contribution in [0, 0.1) is 5.82 Å². The quantitative estimate of drug-likeness (QED) is 0.503. The molecule has 5 rings (SSSR count). The van der Waals surface area contributed by atoms with Crippen LogP contribution in [0.5, 0.6) is 11.5 Å². The molecule has 8 heteroatoms. The predicted octanol–water partition coefficient (Wildman–Crippen LogP) is 6.00. The Hall–Kier alpha value is -3.91. The molecule has 2 aliphatic rings. The summed E-state index contributed by atoms with van der Waals surface area (Å²) in [5, 5.41) is 16.8. The fourth-order valence-electron chi connectivity index (χ4n) is 3.95. The van der Waals surface area contributed by atoms with Gasteiger partial charge in [-0.15, -0.1) is 0 Å². The van der Waals surface area contributed by atoms with Crippen LogP contribution >= 0.6 is 11.8 Å². The van der Waals surface area contributed by atoms with E-state index in [4.69, 9.17) is 9.84 Å². The maximum absolute atomic E-state index is 13.4. The SMILES string of the molecule is COc1ccc(C2=NN(C3=NC(=O)S/C3=C\c3ccc(F)cc3)C(c3ccccc3O)C2)cc1. The third-order valence-electron chi connectivity index (χ3n) is 5.63. The Labute approximate surface area is 200 Å². The first kappa shape index (κ1) is 21.9. The molecule has 0 aliphatic carbocycles. The van der Waals surface area contributed by atoms with Gasteiger partial charge in [0.25, 0.3) is 0 Å². The van der Waals surface area contributed by atoms with Crippen molar-refractivity contribution in [3.05, 3.63) is 100 Å². The molecule has 2 aliphatic heterocycles. The van der Waals surface area contributed by atoms with Crippen LogP contribution in [0.1, 0.15) is 29.2 Å². The molecule has 0 bridgehead atoms. The lowest BCUT2D eigenvalue weighted by Gasteiger charge is -2.24. The third-order valence-corrected chi connectivity index (χ3v) is 6.42. The second-order valence-corrected chi connectivity index (χ2v) is 8.76. The molecule has 0 radical (unpaired) electrons. The van der Waals surface area contributed by atoms with E-state index in [1.807, 2.05) is 36.4 Å². The normalized spacial score (nSPS) is 18.9. The van der Waals surface area contributed by atoms with Gasteiger partial charge in [0, 0.05) is 12.0 Å². The molecule has 0 spiro atoms. The van der Waals surface area contributed by atoms with Gasteiger partial charge in [-0.2, -0.15) is 10.1 Å². The smallest absolute Gasteiger partial charge is 0.311 e. The van der Waals surface area contributed by atoms with Crippen LogP contribution in [0.15, 0.2) is 87.8 Å². The third kappa shape index (κ3) is 4.32. The number of amidine groups is 1. The zero-order chi connectivity index (χ0) is 23.7. The average Bonchev–Trinajstić information content (AvgIpc) is 3.44. The van der Waals surface area contributed by atoms with Gasteiger partial charge in [0.2, 0.25) is 0 Å². The van der Waals surface area contributed by atoms with Crippen molar-refractivity contribution in [3.63, 3.8) is 0 Å². The summed E-state index contributed by atoms with van der Waals surface area (Å²) >= 11 is 0.998. The van der Waals surface area contributed by atoms with Crippen LogP contribution < -0.4 is 4.74 Å². The molecule has 3 aromatic carbocycles. The molecule has 0 saturated heterocycles. The van der Waals surface area contributed by atoms with Gasteiger partial charge in [-0.1, -0.05) is 30.3 Å². The van der Waals surface area contributed by atoms with Crippen molar-refractivity contribution in [1.29, 1.82) is 0 Å². The standard InChI is InChI=1S/C26H20FN3O3S/c1-33-19-12-8-17(9-13-19)21-15-22(20-4-2-3-5-23(20)31)30(29-21)25-24(34-26(32)28-25)14-16-6-10-18(27)11-7-16/h2-14,22,31H,15H2,1H3/b24-14-. The molecule has 6 nitrogen and oxygen atoms in total. The highest BCUT2D eigenvalue weighted by atomic mass is 32.2. The molecule has 1 N–H and O–H groups in total. The summed E-state index contributed by atoms with van der Waals surface area (Å²) in [7, 11) is 1.61. The molecule has 34 heavy (non-hydrogen) atoms. The monoisotopic (exact) mass is 473 g/mol. The molecule has 3 aromatic rings.